The monoisotopic (exact) mass is 240 g/mol. The molecule has 1 aromatic rings. The van der Waals surface area contributed by atoms with Gasteiger partial charge in [0.1, 0.15) is 0 Å². The smallest absolute Gasteiger partial charge is 0.0794 e. The molecule has 1 N–H and O–H groups in total. The Morgan fingerprint density at radius 1 is 1.31 bits per heavy atom. The summed E-state index contributed by atoms with van der Waals surface area (Å²) in [5.74, 6) is 0.835. The van der Waals surface area contributed by atoms with Crippen LogP contribution < -0.4 is 5.32 Å². The van der Waals surface area contributed by atoms with E-state index in [4.69, 9.17) is 0 Å². The predicted octanol–water partition coefficient (Wildman–Crippen LogP) is 3.49. The Bertz CT molecular complexity index is 257. The van der Waals surface area contributed by atoms with Gasteiger partial charge < -0.3 is 5.32 Å². The van der Waals surface area contributed by atoms with Gasteiger partial charge in [-0.3, -0.25) is 0 Å². The first-order chi connectivity index (χ1) is 7.68. The van der Waals surface area contributed by atoms with E-state index in [0.717, 1.165) is 18.9 Å². The fraction of sp³-hybridized carbons (Fsp3) is 0.769. The van der Waals surface area contributed by atoms with Crippen LogP contribution in [-0.2, 0) is 6.42 Å². The highest BCUT2D eigenvalue weighted by molar-refractivity contribution is 7.07. The van der Waals surface area contributed by atoms with Crippen molar-refractivity contribution in [3.05, 3.63) is 16.6 Å². The van der Waals surface area contributed by atoms with Crippen LogP contribution in [0.1, 0.15) is 45.7 Å². The minimum absolute atomic E-state index is 0.636. The highest BCUT2D eigenvalue weighted by Gasteiger charge is 2.02. The van der Waals surface area contributed by atoms with E-state index in [1.54, 1.807) is 11.3 Å². The van der Waals surface area contributed by atoms with Crippen molar-refractivity contribution >= 4 is 11.3 Å². The molecule has 0 aliphatic rings. The third-order valence-electron chi connectivity index (χ3n) is 2.78. The summed E-state index contributed by atoms with van der Waals surface area (Å²) >= 11 is 1.68. The molecule has 0 aromatic carbocycles. The van der Waals surface area contributed by atoms with Crippen LogP contribution >= 0.6 is 11.3 Å². The predicted molar refractivity (Wildman–Crippen MR) is 72.0 cm³/mol. The molecule has 0 saturated carbocycles. The lowest BCUT2D eigenvalue weighted by atomic mass is 10.0. The Labute approximate surface area is 103 Å². The molecular weight excluding hydrogens is 216 g/mol. The number of aromatic nitrogens is 1. The van der Waals surface area contributed by atoms with Gasteiger partial charge in [0.15, 0.2) is 0 Å². The van der Waals surface area contributed by atoms with Gasteiger partial charge in [0.25, 0.3) is 0 Å². The molecule has 1 atom stereocenters. The van der Waals surface area contributed by atoms with Crippen LogP contribution in [0.25, 0.3) is 0 Å². The topological polar surface area (TPSA) is 24.9 Å². The third kappa shape index (κ3) is 6.23. The standard InChI is InChI=1S/C13H24N2S/c1-11(2)5-4-6-12(3)14-8-7-13-9-16-10-15-13/h9-12,14H,4-8H2,1-3H3. The molecule has 0 radical (unpaired) electrons. The van der Waals surface area contributed by atoms with E-state index in [1.807, 2.05) is 5.51 Å². The maximum atomic E-state index is 4.28. The van der Waals surface area contributed by atoms with Gasteiger partial charge in [-0.05, 0) is 19.3 Å². The van der Waals surface area contributed by atoms with Crippen molar-refractivity contribution in [3.8, 4) is 0 Å². The van der Waals surface area contributed by atoms with Gasteiger partial charge in [0.05, 0.1) is 11.2 Å². The van der Waals surface area contributed by atoms with E-state index < -0.39 is 0 Å². The maximum absolute atomic E-state index is 4.28. The van der Waals surface area contributed by atoms with E-state index in [1.165, 1.54) is 25.0 Å². The Morgan fingerprint density at radius 3 is 2.75 bits per heavy atom. The van der Waals surface area contributed by atoms with Crippen LogP contribution in [0.15, 0.2) is 10.9 Å². The number of nitrogens with one attached hydrogen (secondary N) is 1. The molecule has 0 saturated heterocycles. The lowest BCUT2D eigenvalue weighted by molar-refractivity contribution is 0.459. The van der Waals surface area contributed by atoms with Crippen molar-refractivity contribution in [2.75, 3.05) is 6.54 Å². The molecule has 1 aromatic heterocycles. The van der Waals surface area contributed by atoms with Gasteiger partial charge in [-0.15, -0.1) is 11.3 Å². The van der Waals surface area contributed by atoms with Crippen molar-refractivity contribution in [1.82, 2.24) is 10.3 Å². The molecule has 0 fully saturated rings. The van der Waals surface area contributed by atoms with Crippen LogP contribution in [0, 0.1) is 5.92 Å². The molecule has 1 unspecified atom stereocenters. The summed E-state index contributed by atoms with van der Waals surface area (Å²) in [6, 6.07) is 0.636. The Kier molecular flexibility index (Phi) is 6.65. The molecule has 0 amide bonds. The van der Waals surface area contributed by atoms with E-state index >= 15 is 0 Å². The molecule has 1 rings (SSSR count). The minimum Gasteiger partial charge on any atom is -0.314 e. The summed E-state index contributed by atoms with van der Waals surface area (Å²) in [4.78, 5) is 4.28. The van der Waals surface area contributed by atoms with E-state index in [2.05, 4.69) is 36.5 Å². The van der Waals surface area contributed by atoms with Crippen LogP contribution in [0.4, 0.5) is 0 Å². The van der Waals surface area contributed by atoms with Crippen LogP contribution in [0.2, 0.25) is 0 Å². The second-order valence-electron chi connectivity index (χ2n) is 4.91. The van der Waals surface area contributed by atoms with Gasteiger partial charge in [0.2, 0.25) is 0 Å². The van der Waals surface area contributed by atoms with E-state index in [9.17, 15) is 0 Å². The number of hydrogen-bond acceptors (Lipinski definition) is 3. The van der Waals surface area contributed by atoms with E-state index in [-0.39, 0.29) is 0 Å². The maximum Gasteiger partial charge on any atom is 0.0794 e. The zero-order valence-electron chi connectivity index (χ0n) is 10.7. The summed E-state index contributed by atoms with van der Waals surface area (Å²) in [5, 5.41) is 5.69. The molecule has 92 valence electrons. The van der Waals surface area contributed by atoms with Gasteiger partial charge in [-0.2, -0.15) is 0 Å². The Hall–Kier alpha value is -0.410. The van der Waals surface area contributed by atoms with Crippen LogP contribution in [-0.4, -0.2) is 17.6 Å². The molecule has 0 bridgehead atoms. The molecule has 0 spiro atoms. The largest absolute Gasteiger partial charge is 0.314 e. The number of nitrogens with zero attached hydrogens (tertiary/aromatic N) is 1. The zero-order chi connectivity index (χ0) is 11.8. The summed E-state index contributed by atoms with van der Waals surface area (Å²) in [5.41, 5.74) is 3.12. The molecule has 0 aliphatic carbocycles. The molecular formula is C13H24N2S. The first-order valence-electron chi connectivity index (χ1n) is 6.29. The first-order valence-corrected chi connectivity index (χ1v) is 7.23. The SMILES string of the molecule is CC(C)CCCC(C)NCCc1cscn1. The van der Waals surface area contributed by atoms with E-state index in [0.29, 0.717) is 6.04 Å². The minimum atomic E-state index is 0.636. The lowest BCUT2D eigenvalue weighted by Crippen LogP contribution is -2.28. The second-order valence-corrected chi connectivity index (χ2v) is 5.63. The van der Waals surface area contributed by atoms with Crippen molar-refractivity contribution in [2.24, 2.45) is 5.92 Å². The average Bonchev–Trinajstić information content (AvgIpc) is 2.70. The first kappa shape index (κ1) is 13.7. The summed E-state index contributed by atoms with van der Waals surface area (Å²) in [7, 11) is 0. The van der Waals surface area contributed by atoms with Crippen LogP contribution in [0.5, 0.6) is 0 Å². The highest BCUT2D eigenvalue weighted by atomic mass is 32.1. The van der Waals surface area contributed by atoms with Gasteiger partial charge in [-0.1, -0.05) is 26.7 Å². The summed E-state index contributed by atoms with van der Waals surface area (Å²) < 4.78 is 0. The molecule has 3 heteroatoms. The average molecular weight is 240 g/mol. The molecule has 0 aliphatic heterocycles. The number of hydrogen-bond donors (Lipinski definition) is 1. The highest BCUT2D eigenvalue weighted by Crippen LogP contribution is 2.08. The Balaban J connectivity index is 2.00. The quantitative estimate of drug-likeness (QED) is 0.752. The summed E-state index contributed by atoms with van der Waals surface area (Å²) in [6.45, 7) is 7.91. The van der Waals surface area contributed by atoms with Crippen molar-refractivity contribution < 1.29 is 0 Å². The summed E-state index contributed by atoms with van der Waals surface area (Å²) in [6.07, 6.45) is 5.02. The van der Waals surface area contributed by atoms with Gasteiger partial charge >= 0.3 is 0 Å². The molecule has 2 nitrogen and oxygen atoms in total. The third-order valence-corrected chi connectivity index (χ3v) is 3.41. The van der Waals surface area contributed by atoms with Crippen molar-refractivity contribution in [2.45, 2.75) is 52.5 Å². The molecule has 16 heavy (non-hydrogen) atoms. The normalized spacial score (nSPS) is 13.2. The van der Waals surface area contributed by atoms with Crippen molar-refractivity contribution in [3.63, 3.8) is 0 Å². The zero-order valence-corrected chi connectivity index (χ0v) is 11.5. The molecule has 1 heterocycles. The van der Waals surface area contributed by atoms with Gasteiger partial charge in [-0.25, -0.2) is 4.98 Å². The number of thiazole rings is 1. The fourth-order valence-corrected chi connectivity index (χ4v) is 2.33. The fourth-order valence-electron chi connectivity index (χ4n) is 1.74. The van der Waals surface area contributed by atoms with Gasteiger partial charge in [0, 0.05) is 24.4 Å². The number of rotatable bonds is 8. The van der Waals surface area contributed by atoms with Crippen molar-refractivity contribution in [1.29, 1.82) is 0 Å². The second kappa shape index (κ2) is 7.80. The Morgan fingerprint density at radius 2 is 2.12 bits per heavy atom. The van der Waals surface area contributed by atoms with Crippen LogP contribution in [0.3, 0.4) is 0 Å². The lowest BCUT2D eigenvalue weighted by Gasteiger charge is -2.13.